The molecule has 32 heavy (non-hydrogen) atoms. The molecule has 12 heteroatoms. The molecule has 2 N–H and O–H groups in total. The number of nitrogens with one attached hydrogen (secondary N) is 1. The number of ether oxygens (including phenoxy) is 4. The van der Waals surface area contributed by atoms with Crippen LogP contribution in [0, 0.1) is 20.2 Å². The molecule has 2 fully saturated rings. The molecule has 0 unspecified atom stereocenters. The highest BCUT2D eigenvalue weighted by Crippen LogP contribution is 2.37. The fourth-order valence-corrected chi connectivity index (χ4v) is 3.83. The van der Waals surface area contributed by atoms with Crippen molar-refractivity contribution in [1.29, 1.82) is 0 Å². The number of aliphatic hydroxyl groups excluding tert-OH is 1. The largest absolute Gasteiger partial charge is 0.386 e. The van der Waals surface area contributed by atoms with Gasteiger partial charge < -0.3 is 29.4 Å². The van der Waals surface area contributed by atoms with Crippen molar-refractivity contribution in [3.05, 3.63) is 74.3 Å². The average Bonchev–Trinajstić information content (AvgIpc) is 2.80. The maximum atomic E-state index is 11.5. The first-order valence-corrected chi connectivity index (χ1v) is 9.76. The predicted molar refractivity (Wildman–Crippen MR) is 109 cm³/mol. The van der Waals surface area contributed by atoms with Crippen LogP contribution in [0.1, 0.15) is 11.9 Å². The Kier molecular flexibility index (Phi) is 6.30. The number of benzene rings is 2. The van der Waals surface area contributed by atoms with Crippen LogP contribution in [0.2, 0.25) is 0 Å². The van der Waals surface area contributed by atoms with Gasteiger partial charge in [-0.3, -0.25) is 20.2 Å². The lowest BCUT2D eigenvalue weighted by molar-refractivity contribution is -0.393. The molecule has 170 valence electrons. The van der Waals surface area contributed by atoms with E-state index in [1.54, 1.807) is 0 Å². The summed E-state index contributed by atoms with van der Waals surface area (Å²) in [5, 5.41) is 36.3. The van der Waals surface area contributed by atoms with E-state index in [2.05, 4.69) is 5.32 Å². The van der Waals surface area contributed by atoms with Gasteiger partial charge in [0, 0.05) is 18.7 Å². The third-order valence-corrected chi connectivity index (χ3v) is 5.38. The van der Waals surface area contributed by atoms with Crippen LogP contribution in [-0.4, -0.2) is 59.3 Å². The van der Waals surface area contributed by atoms with E-state index in [0.717, 1.165) is 17.7 Å². The summed E-state index contributed by atoms with van der Waals surface area (Å²) in [6.07, 6.45) is -4.41. The summed E-state index contributed by atoms with van der Waals surface area (Å²) in [4.78, 5) is 21.1. The smallest absolute Gasteiger partial charge is 0.299 e. The highest BCUT2D eigenvalue weighted by molar-refractivity contribution is 5.66. The Morgan fingerprint density at radius 1 is 1.09 bits per heavy atom. The molecule has 2 aromatic carbocycles. The van der Waals surface area contributed by atoms with E-state index < -0.39 is 58.2 Å². The number of hydrogen-bond donors (Lipinski definition) is 2. The van der Waals surface area contributed by atoms with Crippen molar-refractivity contribution in [2.75, 3.05) is 19.0 Å². The number of fused-ring (bicyclic) bond motifs is 1. The zero-order chi connectivity index (χ0) is 22.8. The van der Waals surface area contributed by atoms with Gasteiger partial charge in [-0.25, -0.2) is 0 Å². The van der Waals surface area contributed by atoms with Gasteiger partial charge in [0.1, 0.15) is 24.0 Å². The van der Waals surface area contributed by atoms with Crippen LogP contribution in [0.5, 0.6) is 0 Å². The molecule has 12 nitrogen and oxygen atoms in total. The Labute approximate surface area is 182 Å². The van der Waals surface area contributed by atoms with Crippen LogP contribution in [0.3, 0.4) is 0 Å². The van der Waals surface area contributed by atoms with Gasteiger partial charge in [0.25, 0.3) is 11.4 Å². The molecule has 0 saturated carbocycles. The summed E-state index contributed by atoms with van der Waals surface area (Å²) < 4.78 is 22.8. The molecule has 0 aliphatic carbocycles. The third kappa shape index (κ3) is 4.26. The Balaban J connectivity index is 1.65. The van der Waals surface area contributed by atoms with Gasteiger partial charge in [-0.1, -0.05) is 30.3 Å². The molecular formula is C20H21N3O9. The molecule has 2 aliphatic heterocycles. The van der Waals surface area contributed by atoms with Gasteiger partial charge in [-0.05, 0) is 6.07 Å². The molecule has 6 atom stereocenters. The van der Waals surface area contributed by atoms with E-state index in [9.17, 15) is 25.3 Å². The van der Waals surface area contributed by atoms with Gasteiger partial charge in [-0.15, -0.1) is 0 Å². The van der Waals surface area contributed by atoms with E-state index in [1.165, 1.54) is 13.2 Å². The number of hydrogen-bond acceptors (Lipinski definition) is 10. The lowest BCUT2D eigenvalue weighted by atomic mass is 9.94. The number of non-ortho nitro benzene ring substituents is 1. The Bertz CT molecular complexity index is 990. The molecule has 0 aromatic heterocycles. The first kappa shape index (κ1) is 22.0. The second kappa shape index (κ2) is 9.14. The number of anilines is 1. The van der Waals surface area contributed by atoms with E-state index in [0.29, 0.717) is 0 Å². The molecule has 2 saturated heterocycles. The minimum absolute atomic E-state index is 0.00786. The molecule has 0 spiro atoms. The zero-order valence-electron chi connectivity index (χ0n) is 16.9. The summed E-state index contributed by atoms with van der Waals surface area (Å²) in [5.41, 5.74) is -0.176. The Morgan fingerprint density at radius 3 is 2.50 bits per heavy atom. The Hall–Kier alpha value is -3.16. The van der Waals surface area contributed by atoms with Crippen molar-refractivity contribution in [3.63, 3.8) is 0 Å². The topological polar surface area (TPSA) is 155 Å². The van der Waals surface area contributed by atoms with Crippen molar-refractivity contribution in [1.82, 2.24) is 0 Å². The second-order valence-corrected chi connectivity index (χ2v) is 7.33. The van der Waals surface area contributed by atoms with Crippen LogP contribution in [0.15, 0.2) is 48.5 Å². The third-order valence-electron chi connectivity index (χ3n) is 5.38. The summed E-state index contributed by atoms with van der Waals surface area (Å²) in [7, 11) is 1.36. The van der Waals surface area contributed by atoms with Crippen LogP contribution < -0.4 is 5.32 Å². The number of nitrogens with zero attached hydrogens (tertiary/aromatic N) is 2. The van der Waals surface area contributed by atoms with Crippen LogP contribution >= 0.6 is 0 Å². The van der Waals surface area contributed by atoms with E-state index >= 15 is 0 Å². The van der Waals surface area contributed by atoms with Gasteiger partial charge in [0.2, 0.25) is 0 Å². The number of rotatable bonds is 6. The number of methoxy groups -OCH3 is 1. The van der Waals surface area contributed by atoms with Crippen molar-refractivity contribution in [2.24, 2.45) is 0 Å². The first-order chi connectivity index (χ1) is 15.4. The second-order valence-electron chi connectivity index (χ2n) is 7.33. The summed E-state index contributed by atoms with van der Waals surface area (Å²) in [5.74, 6) is 0. The maximum absolute atomic E-state index is 11.5. The number of nitro groups is 2. The minimum Gasteiger partial charge on any atom is -0.386 e. The van der Waals surface area contributed by atoms with Gasteiger partial charge >= 0.3 is 0 Å². The molecule has 0 amide bonds. The zero-order valence-corrected chi connectivity index (χ0v) is 16.9. The molecule has 2 heterocycles. The van der Waals surface area contributed by atoms with Crippen LogP contribution in [0.25, 0.3) is 0 Å². The Morgan fingerprint density at radius 2 is 1.84 bits per heavy atom. The molecule has 0 radical (unpaired) electrons. The monoisotopic (exact) mass is 447 g/mol. The van der Waals surface area contributed by atoms with Crippen LogP contribution in [0.4, 0.5) is 17.1 Å². The quantitative estimate of drug-likeness (QED) is 0.497. The van der Waals surface area contributed by atoms with E-state index in [-0.39, 0.29) is 12.3 Å². The predicted octanol–water partition coefficient (Wildman–Crippen LogP) is 2.13. The molecule has 2 aliphatic rings. The summed E-state index contributed by atoms with van der Waals surface area (Å²) >= 11 is 0. The maximum Gasteiger partial charge on any atom is 0.299 e. The van der Waals surface area contributed by atoms with Gasteiger partial charge in [0.05, 0.1) is 28.6 Å². The fraction of sp³-hybridized carbons (Fsp3) is 0.400. The SMILES string of the molecule is CO[C@H]1O[C@@H]2CO[C@@H](c3ccccc3)O[C@H]2[C@@H](Nc2ccc([N+](=O)[O-])cc2[N+](=O)[O-])[C@@H]1O. The highest BCUT2D eigenvalue weighted by Gasteiger charge is 2.50. The van der Waals surface area contributed by atoms with Crippen LogP contribution in [-0.2, 0) is 18.9 Å². The minimum atomic E-state index is -1.26. The lowest BCUT2D eigenvalue weighted by Gasteiger charge is -2.48. The van der Waals surface area contributed by atoms with Crippen molar-refractivity contribution < 1.29 is 33.9 Å². The van der Waals surface area contributed by atoms with Gasteiger partial charge in [-0.2, -0.15) is 0 Å². The summed E-state index contributed by atoms with van der Waals surface area (Å²) in [6.45, 7) is 0.136. The molecular weight excluding hydrogens is 426 g/mol. The lowest BCUT2D eigenvalue weighted by Crippen LogP contribution is -2.64. The standard InChI is InChI=1S/C20H21N3O9/c1-29-20-17(24)16(21-13-8-7-12(22(25)26)9-14(13)23(27)28)18-15(31-20)10-30-19(32-18)11-5-3-2-4-6-11/h2-9,15-21,24H,10H2,1H3/t15-,16+,17+,18-,19-,20+/m1/s1. The number of nitro benzene ring substituents is 2. The van der Waals surface area contributed by atoms with Crippen molar-refractivity contribution in [2.45, 2.75) is 36.9 Å². The first-order valence-electron chi connectivity index (χ1n) is 9.76. The van der Waals surface area contributed by atoms with Gasteiger partial charge in [0.15, 0.2) is 12.6 Å². The molecule has 2 aromatic rings. The average molecular weight is 447 g/mol. The van der Waals surface area contributed by atoms with Crippen molar-refractivity contribution in [3.8, 4) is 0 Å². The summed E-state index contributed by atoms with van der Waals surface area (Å²) in [6, 6.07) is 11.5. The fourth-order valence-electron chi connectivity index (χ4n) is 3.83. The number of aliphatic hydroxyl groups is 1. The highest BCUT2D eigenvalue weighted by atomic mass is 16.7. The normalized spacial score (nSPS) is 29.7. The molecule has 0 bridgehead atoms. The molecule has 4 rings (SSSR count). The van der Waals surface area contributed by atoms with E-state index in [1.807, 2.05) is 30.3 Å². The van der Waals surface area contributed by atoms with E-state index in [4.69, 9.17) is 18.9 Å². The van der Waals surface area contributed by atoms with Crippen molar-refractivity contribution >= 4 is 17.1 Å².